The van der Waals surface area contributed by atoms with Gasteiger partial charge in [-0.1, -0.05) is 6.07 Å². The Morgan fingerprint density at radius 2 is 2.00 bits per heavy atom. The smallest absolute Gasteiger partial charge is 0.269 e. The van der Waals surface area contributed by atoms with Crippen LogP contribution < -0.4 is 20.3 Å². The van der Waals surface area contributed by atoms with Crippen molar-refractivity contribution in [1.82, 2.24) is 25.0 Å². The third-order valence-electron chi connectivity index (χ3n) is 7.59. The van der Waals surface area contributed by atoms with Gasteiger partial charge < -0.3 is 24.3 Å². The Bertz CT molecular complexity index is 1360. The zero-order valence-corrected chi connectivity index (χ0v) is 20.0. The van der Waals surface area contributed by atoms with E-state index in [1.807, 2.05) is 22.8 Å². The van der Waals surface area contributed by atoms with Crippen molar-refractivity contribution in [3.05, 3.63) is 63.2 Å². The molecule has 0 saturated carbocycles. The van der Waals surface area contributed by atoms with E-state index in [9.17, 15) is 9.59 Å². The fraction of sp³-hybridized carbons (Fsp3) is 0.423. The van der Waals surface area contributed by atoms with Crippen molar-refractivity contribution >= 4 is 5.91 Å². The van der Waals surface area contributed by atoms with Gasteiger partial charge in [-0.05, 0) is 36.1 Å². The predicted octanol–water partition coefficient (Wildman–Crippen LogP) is 2.01. The molecule has 1 fully saturated rings. The molecular weight excluding hydrogens is 446 g/mol. The molecule has 2 bridgehead atoms. The molecular formula is C26H29N5O4. The summed E-state index contributed by atoms with van der Waals surface area (Å²) >= 11 is 0. The van der Waals surface area contributed by atoms with Crippen molar-refractivity contribution in [2.24, 2.45) is 5.92 Å². The van der Waals surface area contributed by atoms with Gasteiger partial charge in [0.2, 0.25) is 0 Å². The highest BCUT2D eigenvalue weighted by atomic mass is 16.5. The lowest BCUT2D eigenvalue weighted by Crippen LogP contribution is -2.48. The van der Waals surface area contributed by atoms with E-state index in [-0.39, 0.29) is 11.5 Å². The first-order valence-electron chi connectivity index (χ1n) is 12.1. The van der Waals surface area contributed by atoms with Crippen LogP contribution in [0.25, 0.3) is 11.3 Å². The van der Waals surface area contributed by atoms with E-state index in [2.05, 4.69) is 26.5 Å². The van der Waals surface area contributed by atoms with Gasteiger partial charge in [0.15, 0.2) is 11.5 Å². The quantitative estimate of drug-likeness (QED) is 0.442. The highest BCUT2D eigenvalue weighted by molar-refractivity contribution is 5.97. The Balaban J connectivity index is 1.10. The van der Waals surface area contributed by atoms with E-state index < -0.39 is 0 Å². The lowest BCUT2D eigenvalue weighted by atomic mass is 9.83. The average molecular weight is 476 g/mol. The number of benzene rings is 1. The van der Waals surface area contributed by atoms with Crippen molar-refractivity contribution in [3.8, 4) is 22.8 Å². The van der Waals surface area contributed by atoms with Gasteiger partial charge in [-0.25, -0.2) is 0 Å². The molecule has 4 heterocycles. The summed E-state index contributed by atoms with van der Waals surface area (Å²) in [5.74, 6) is 2.02. The van der Waals surface area contributed by atoms with Crippen LogP contribution in [0.4, 0.5) is 0 Å². The number of pyridine rings is 1. The standard InChI is InChI=1S/C26H29N5O4/c1-34-21-10-16-9-19-24(18(16)11-22(21)35-2)28-29-25(19)26(33)27-6-7-30-12-15-8-17(14-30)20-4-3-5-23(32)31(20)13-15/h3-5,10-11,15,17H,6-9,12-14H2,1-2H3,(H,27,33)(H,28,29)/t15-,17+/m1/s1. The van der Waals surface area contributed by atoms with E-state index in [0.29, 0.717) is 42.0 Å². The average Bonchev–Trinajstić information content (AvgIpc) is 3.42. The summed E-state index contributed by atoms with van der Waals surface area (Å²) in [6.07, 6.45) is 1.75. The van der Waals surface area contributed by atoms with Crippen LogP contribution in [0.1, 0.15) is 39.6 Å². The van der Waals surface area contributed by atoms with Gasteiger partial charge in [-0.2, -0.15) is 5.10 Å². The molecule has 2 atom stereocenters. The van der Waals surface area contributed by atoms with Gasteiger partial charge in [-0.3, -0.25) is 14.7 Å². The maximum Gasteiger partial charge on any atom is 0.269 e. The van der Waals surface area contributed by atoms with Crippen LogP contribution >= 0.6 is 0 Å². The maximum atomic E-state index is 13.0. The molecule has 3 aromatic rings. The number of nitrogens with zero attached hydrogens (tertiary/aromatic N) is 3. The second-order valence-electron chi connectivity index (χ2n) is 9.68. The molecule has 3 aliphatic rings. The summed E-state index contributed by atoms with van der Waals surface area (Å²) in [5.41, 5.74) is 5.49. The van der Waals surface area contributed by atoms with Crippen molar-refractivity contribution in [3.63, 3.8) is 0 Å². The summed E-state index contributed by atoms with van der Waals surface area (Å²) < 4.78 is 12.8. The van der Waals surface area contributed by atoms with Crippen molar-refractivity contribution in [2.45, 2.75) is 25.3 Å². The molecule has 2 N–H and O–H groups in total. The topological polar surface area (TPSA) is 101 Å². The van der Waals surface area contributed by atoms with E-state index in [1.54, 1.807) is 20.3 Å². The summed E-state index contributed by atoms with van der Waals surface area (Å²) in [6, 6.07) is 9.46. The number of likely N-dealkylation sites (tertiary alicyclic amines) is 1. The number of nitrogens with one attached hydrogen (secondary N) is 2. The number of fused-ring (bicyclic) bond motifs is 7. The molecule has 0 spiro atoms. The number of piperidine rings is 1. The number of carbonyl (C=O) groups is 1. The number of aromatic nitrogens is 3. The van der Waals surface area contributed by atoms with Crippen LogP contribution in [-0.4, -0.2) is 66.0 Å². The van der Waals surface area contributed by atoms with Gasteiger partial charge in [0, 0.05) is 67.9 Å². The summed E-state index contributed by atoms with van der Waals surface area (Å²) in [7, 11) is 3.23. The number of H-pyrrole nitrogens is 1. The molecule has 1 aliphatic carbocycles. The SMILES string of the molecule is COc1cc2c(cc1OC)-c1n[nH]c(C(=O)NCCN3C[C@H]4C[C@@H](C3)c3cccc(=O)n3C4)c1C2. The molecule has 0 unspecified atom stereocenters. The number of hydrogen-bond donors (Lipinski definition) is 2. The van der Waals surface area contributed by atoms with Crippen LogP contribution in [0, 0.1) is 5.92 Å². The highest BCUT2D eigenvalue weighted by Crippen LogP contribution is 2.42. The Morgan fingerprint density at radius 1 is 1.17 bits per heavy atom. The van der Waals surface area contributed by atoms with Crippen LogP contribution in [0.5, 0.6) is 11.5 Å². The van der Waals surface area contributed by atoms with Gasteiger partial charge in [0.05, 0.1) is 19.9 Å². The number of aromatic amines is 1. The minimum absolute atomic E-state index is 0.101. The molecule has 0 radical (unpaired) electrons. The van der Waals surface area contributed by atoms with Crippen molar-refractivity contribution < 1.29 is 14.3 Å². The zero-order valence-electron chi connectivity index (χ0n) is 20.0. The number of ether oxygens (including phenoxy) is 2. The van der Waals surface area contributed by atoms with Crippen LogP contribution in [0.15, 0.2) is 35.1 Å². The highest BCUT2D eigenvalue weighted by Gasteiger charge is 2.34. The first-order valence-corrected chi connectivity index (χ1v) is 12.1. The molecule has 6 rings (SSSR count). The molecule has 2 aliphatic heterocycles. The van der Waals surface area contributed by atoms with E-state index >= 15 is 0 Å². The van der Waals surface area contributed by atoms with Gasteiger partial charge in [-0.15, -0.1) is 0 Å². The molecule has 1 amide bonds. The third kappa shape index (κ3) is 3.70. The molecule has 2 aromatic heterocycles. The van der Waals surface area contributed by atoms with Gasteiger partial charge in [0.1, 0.15) is 5.69 Å². The normalized spacial score (nSPS) is 20.1. The van der Waals surface area contributed by atoms with Crippen LogP contribution in [0.2, 0.25) is 0 Å². The number of hydrogen-bond acceptors (Lipinski definition) is 6. The minimum Gasteiger partial charge on any atom is -0.493 e. The van der Waals surface area contributed by atoms with Crippen molar-refractivity contribution in [1.29, 1.82) is 0 Å². The fourth-order valence-electron chi connectivity index (χ4n) is 6.02. The molecule has 9 heteroatoms. The van der Waals surface area contributed by atoms with Gasteiger partial charge >= 0.3 is 0 Å². The molecule has 182 valence electrons. The van der Waals surface area contributed by atoms with Crippen LogP contribution in [0.3, 0.4) is 0 Å². The van der Waals surface area contributed by atoms with Crippen molar-refractivity contribution in [2.75, 3.05) is 40.4 Å². The number of amides is 1. The monoisotopic (exact) mass is 475 g/mol. The van der Waals surface area contributed by atoms with Crippen LogP contribution in [-0.2, 0) is 13.0 Å². The summed E-state index contributed by atoms with van der Waals surface area (Å²) in [4.78, 5) is 27.7. The Hall–Kier alpha value is -3.59. The third-order valence-corrected chi connectivity index (χ3v) is 7.59. The molecule has 35 heavy (non-hydrogen) atoms. The Labute approximate surface area is 203 Å². The second kappa shape index (κ2) is 8.57. The predicted molar refractivity (Wildman–Crippen MR) is 130 cm³/mol. The summed E-state index contributed by atoms with van der Waals surface area (Å²) in [6.45, 7) is 3.98. The molecule has 1 aromatic carbocycles. The van der Waals surface area contributed by atoms with Gasteiger partial charge in [0.25, 0.3) is 11.5 Å². The fourth-order valence-corrected chi connectivity index (χ4v) is 6.02. The first kappa shape index (κ1) is 21.9. The zero-order chi connectivity index (χ0) is 24.1. The Kier molecular flexibility index (Phi) is 5.36. The second-order valence-corrected chi connectivity index (χ2v) is 9.68. The largest absolute Gasteiger partial charge is 0.493 e. The number of carbonyl (C=O) groups excluding carboxylic acids is 1. The lowest BCUT2D eigenvalue weighted by molar-refractivity contribution is 0.0922. The minimum atomic E-state index is -0.139. The number of rotatable bonds is 6. The summed E-state index contributed by atoms with van der Waals surface area (Å²) in [5, 5.41) is 10.4. The lowest BCUT2D eigenvalue weighted by Gasteiger charge is -2.42. The van der Waals surface area contributed by atoms with E-state index in [1.165, 1.54) is 0 Å². The van der Waals surface area contributed by atoms with E-state index in [4.69, 9.17) is 9.47 Å². The molecule has 1 saturated heterocycles. The molecule has 9 nitrogen and oxygen atoms in total. The van der Waals surface area contributed by atoms with E-state index in [0.717, 1.165) is 60.7 Å². The Morgan fingerprint density at radius 3 is 2.83 bits per heavy atom. The first-order chi connectivity index (χ1) is 17.1. The number of methoxy groups -OCH3 is 2. The maximum absolute atomic E-state index is 13.0.